The molecule has 9 heteroatoms. The first kappa shape index (κ1) is 18.7. The largest absolute Gasteiger partial charge is 0.287 e. The van der Waals surface area contributed by atoms with E-state index in [9.17, 15) is 4.79 Å². The van der Waals surface area contributed by atoms with Crippen LogP contribution in [0.2, 0.25) is 0 Å². The number of nitrogens with zero attached hydrogens (tertiary/aromatic N) is 6. The second-order valence-electron chi connectivity index (χ2n) is 5.31. The van der Waals surface area contributed by atoms with Crippen molar-refractivity contribution in [3.63, 3.8) is 0 Å². The van der Waals surface area contributed by atoms with E-state index in [2.05, 4.69) is 20.1 Å². The molecule has 27 heavy (non-hydrogen) atoms. The Bertz CT molecular complexity index is 933. The van der Waals surface area contributed by atoms with Gasteiger partial charge in [-0.05, 0) is 34.3 Å². The second-order valence-corrected chi connectivity index (χ2v) is 7.71. The highest BCUT2D eigenvalue weighted by molar-refractivity contribution is 8.21. The summed E-state index contributed by atoms with van der Waals surface area (Å²) in [6.07, 6.45) is 3.68. The van der Waals surface area contributed by atoms with Crippen molar-refractivity contribution in [1.29, 1.82) is 0 Å². The molecule has 0 atom stereocenters. The normalized spacial score (nSPS) is 16.7. The highest BCUT2D eigenvalue weighted by Gasteiger charge is 2.22. The molecule has 7 nitrogen and oxygen atoms in total. The van der Waals surface area contributed by atoms with Crippen LogP contribution >= 0.6 is 23.5 Å². The lowest BCUT2D eigenvalue weighted by Crippen LogP contribution is -2.07. The number of carbonyl (C=O) groups is 1. The van der Waals surface area contributed by atoms with Gasteiger partial charge in [0.25, 0.3) is 0 Å². The van der Waals surface area contributed by atoms with E-state index >= 15 is 0 Å². The molecule has 0 amide bonds. The van der Waals surface area contributed by atoms with E-state index in [0.717, 1.165) is 16.2 Å². The Kier molecular flexibility index (Phi) is 6.25. The average molecular weight is 392 g/mol. The van der Waals surface area contributed by atoms with Gasteiger partial charge in [-0.2, -0.15) is 0 Å². The van der Waals surface area contributed by atoms with E-state index in [0.29, 0.717) is 21.2 Å². The van der Waals surface area contributed by atoms with Crippen LogP contribution in [0.4, 0.5) is 11.4 Å². The van der Waals surface area contributed by atoms with Gasteiger partial charge in [0.2, 0.25) is 5.78 Å². The molecule has 0 unspecified atom stereocenters. The number of benzene rings is 2. The van der Waals surface area contributed by atoms with Crippen LogP contribution in [0.25, 0.3) is 33.0 Å². The quantitative estimate of drug-likeness (QED) is 0.242. The van der Waals surface area contributed by atoms with E-state index in [1.165, 1.54) is 23.5 Å². The number of azide groups is 2. The van der Waals surface area contributed by atoms with Crippen LogP contribution in [0.1, 0.15) is 11.1 Å². The van der Waals surface area contributed by atoms with Crippen molar-refractivity contribution in [3.05, 3.63) is 90.4 Å². The average Bonchev–Trinajstić information content (AvgIpc) is 2.68. The van der Waals surface area contributed by atoms with Crippen LogP contribution in [0.3, 0.4) is 0 Å². The van der Waals surface area contributed by atoms with Gasteiger partial charge in [-0.1, -0.05) is 58.8 Å². The zero-order chi connectivity index (χ0) is 19.1. The molecule has 1 aliphatic rings. The van der Waals surface area contributed by atoms with Crippen LogP contribution in [0.15, 0.2) is 68.6 Å². The molecule has 132 valence electrons. The monoisotopic (exact) mass is 392 g/mol. The molecular weight excluding hydrogens is 380 g/mol. The van der Waals surface area contributed by atoms with Gasteiger partial charge in [0.05, 0.1) is 9.81 Å². The van der Waals surface area contributed by atoms with Gasteiger partial charge in [-0.15, -0.1) is 23.5 Å². The molecule has 0 N–H and O–H groups in total. The van der Waals surface area contributed by atoms with E-state index in [4.69, 9.17) is 11.1 Å². The van der Waals surface area contributed by atoms with Crippen LogP contribution in [0, 0.1) is 0 Å². The zero-order valence-corrected chi connectivity index (χ0v) is 15.5. The summed E-state index contributed by atoms with van der Waals surface area (Å²) in [5, 5.41) is 7.82. The van der Waals surface area contributed by atoms with Gasteiger partial charge >= 0.3 is 0 Å². The van der Waals surface area contributed by atoms with Gasteiger partial charge in [0.1, 0.15) is 0 Å². The Hall–Kier alpha value is -3.09. The lowest BCUT2D eigenvalue weighted by molar-refractivity contribution is -0.110. The summed E-state index contributed by atoms with van der Waals surface area (Å²) in [5.74, 6) is -0.0190. The van der Waals surface area contributed by atoms with Crippen molar-refractivity contribution < 1.29 is 4.79 Å². The molecular formula is C18H12N6OS2. The predicted molar refractivity (Wildman–Crippen MR) is 112 cm³/mol. The van der Waals surface area contributed by atoms with E-state index in [1.54, 1.807) is 24.3 Å². The maximum Gasteiger partial charge on any atom is 0.205 e. The molecule has 1 fully saturated rings. The standard InChI is InChI=1S/C18H12N6OS2/c19-23-21-14-5-1-12(2-6-14)9-16-18(25)17(27-11-26-16)10-13-3-7-15(8-4-13)22-24-20/h1-10H,11H2. The number of rotatable bonds is 4. The summed E-state index contributed by atoms with van der Waals surface area (Å²) in [4.78, 5) is 19.6. The van der Waals surface area contributed by atoms with Crippen molar-refractivity contribution in [2.45, 2.75) is 0 Å². The third kappa shape index (κ3) is 4.97. The fraction of sp³-hybridized carbons (Fsp3) is 0.0556. The summed E-state index contributed by atoms with van der Waals surface area (Å²) < 4.78 is 0. The lowest BCUT2D eigenvalue weighted by atomic mass is 10.1. The SMILES string of the molecule is [N-]=[N+]=Nc1ccc(C=C2SCSC(=Cc3ccc(N=[N+]=[N-])cc3)C2=O)cc1. The molecule has 0 spiro atoms. The third-order valence-electron chi connectivity index (χ3n) is 3.58. The maximum absolute atomic E-state index is 12.8. The molecule has 1 heterocycles. The fourth-order valence-electron chi connectivity index (χ4n) is 2.30. The van der Waals surface area contributed by atoms with Crippen LogP contribution in [-0.4, -0.2) is 10.9 Å². The minimum absolute atomic E-state index is 0.0190. The van der Waals surface area contributed by atoms with Crippen molar-refractivity contribution >= 4 is 52.8 Å². The van der Waals surface area contributed by atoms with Crippen LogP contribution in [-0.2, 0) is 4.79 Å². The Labute approximate surface area is 163 Å². The van der Waals surface area contributed by atoms with E-state index < -0.39 is 0 Å². The summed E-state index contributed by atoms with van der Waals surface area (Å²) in [7, 11) is 0. The molecule has 0 saturated carbocycles. The Balaban J connectivity index is 1.82. The van der Waals surface area contributed by atoms with Gasteiger partial charge in [-0.3, -0.25) is 4.79 Å². The molecule has 0 radical (unpaired) electrons. The minimum atomic E-state index is -0.0190. The molecule has 0 aromatic heterocycles. The van der Waals surface area contributed by atoms with E-state index in [1.807, 2.05) is 36.4 Å². The zero-order valence-electron chi connectivity index (χ0n) is 13.9. The van der Waals surface area contributed by atoms with E-state index in [-0.39, 0.29) is 5.78 Å². The summed E-state index contributed by atoms with van der Waals surface area (Å²) >= 11 is 3.00. The van der Waals surface area contributed by atoms with Crippen molar-refractivity contribution in [2.75, 3.05) is 5.08 Å². The van der Waals surface area contributed by atoms with Crippen molar-refractivity contribution in [1.82, 2.24) is 0 Å². The fourth-order valence-corrected chi connectivity index (χ4v) is 4.54. The van der Waals surface area contributed by atoms with Gasteiger partial charge in [0, 0.05) is 26.3 Å². The summed E-state index contributed by atoms with van der Waals surface area (Å²) in [5.41, 5.74) is 19.7. The van der Waals surface area contributed by atoms with Gasteiger partial charge in [-0.25, -0.2) is 0 Å². The van der Waals surface area contributed by atoms with Gasteiger partial charge < -0.3 is 0 Å². The molecule has 0 aliphatic carbocycles. The number of hydrogen-bond acceptors (Lipinski definition) is 5. The first-order chi connectivity index (χ1) is 13.2. The first-order valence-electron chi connectivity index (χ1n) is 7.73. The predicted octanol–water partition coefficient (Wildman–Crippen LogP) is 6.96. The second kappa shape index (κ2) is 9.02. The number of allylic oxidation sites excluding steroid dienone is 2. The van der Waals surface area contributed by atoms with Crippen LogP contribution < -0.4 is 0 Å². The highest BCUT2D eigenvalue weighted by Crippen LogP contribution is 2.38. The lowest BCUT2D eigenvalue weighted by Gasteiger charge is -2.15. The summed E-state index contributed by atoms with van der Waals surface area (Å²) in [6, 6.07) is 14.1. The molecule has 0 bridgehead atoms. The number of hydrogen-bond donors (Lipinski definition) is 0. The Morgan fingerprint density at radius 3 is 1.56 bits per heavy atom. The van der Waals surface area contributed by atoms with Gasteiger partial charge in [0.15, 0.2) is 0 Å². The number of thioether (sulfide) groups is 2. The highest BCUT2D eigenvalue weighted by atomic mass is 32.2. The molecule has 2 aromatic carbocycles. The molecule has 2 aromatic rings. The molecule has 3 rings (SSSR count). The molecule has 1 aliphatic heterocycles. The molecule has 1 saturated heterocycles. The number of ketones is 1. The summed E-state index contributed by atoms with van der Waals surface area (Å²) in [6.45, 7) is 0. The maximum atomic E-state index is 12.8. The van der Waals surface area contributed by atoms with Crippen molar-refractivity contribution in [2.24, 2.45) is 10.2 Å². The Morgan fingerprint density at radius 1 is 0.778 bits per heavy atom. The number of Topliss-reactive ketones (excluding diaryl/α,β-unsaturated/α-hetero) is 1. The third-order valence-corrected chi connectivity index (χ3v) is 5.75. The topological polar surface area (TPSA) is 115 Å². The smallest absolute Gasteiger partial charge is 0.205 e. The minimum Gasteiger partial charge on any atom is -0.287 e. The van der Waals surface area contributed by atoms with Crippen LogP contribution in [0.5, 0.6) is 0 Å². The van der Waals surface area contributed by atoms with Crippen molar-refractivity contribution in [3.8, 4) is 0 Å². The first-order valence-corrected chi connectivity index (χ1v) is 9.71. The number of carbonyl (C=O) groups excluding carboxylic acids is 1. The Morgan fingerprint density at radius 2 is 1.19 bits per heavy atom.